The molecule has 1 aromatic carbocycles. The molecule has 1 aliphatic heterocycles. The standard InChI is InChI=1S/C14H16BrClN4/c15-11-7-9(1-2-12(11)16)8-13-18-14(20-19-13)10-3-5-17-6-4-10/h1-2,7,10,17H,3-6,8H2,(H,18,19,20). The van der Waals surface area contributed by atoms with Gasteiger partial charge in [-0.1, -0.05) is 17.7 Å². The van der Waals surface area contributed by atoms with E-state index in [1.165, 1.54) is 0 Å². The first kappa shape index (κ1) is 14.0. The van der Waals surface area contributed by atoms with Gasteiger partial charge < -0.3 is 5.32 Å². The molecular formula is C14H16BrClN4. The molecule has 4 nitrogen and oxygen atoms in total. The maximum Gasteiger partial charge on any atom is 0.153 e. The summed E-state index contributed by atoms with van der Waals surface area (Å²) in [5.41, 5.74) is 1.16. The number of piperidine rings is 1. The van der Waals surface area contributed by atoms with Crippen LogP contribution in [-0.4, -0.2) is 28.3 Å². The quantitative estimate of drug-likeness (QED) is 0.888. The molecule has 2 N–H and O–H groups in total. The molecule has 0 saturated carbocycles. The van der Waals surface area contributed by atoms with Crippen molar-refractivity contribution in [2.45, 2.75) is 25.2 Å². The fraction of sp³-hybridized carbons (Fsp3) is 0.429. The van der Waals surface area contributed by atoms with Crippen LogP contribution in [0.1, 0.15) is 36.0 Å². The summed E-state index contributed by atoms with van der Waals surface area (Å²) in [6, 6.07) is 5.93. The van der Waals surface area contributed by atoms with Gasteiger partial charge in [0, 0.05) is 16.8 Å². The summed E-state index contributed by atoms with van der Waals surface area (Å²) in [4.78, 5) is 4.64. The van der Waals surface area contributed by atoms with Crippen LogP contribution in [0.4, 0.5) is 0 Å². The molecule has 106 valence electrons. The van der Waals surface area contributed by atoms with Crippen molar-refractivity contribution in [2.75, 3.05) is 13.1 Å². The molecule has 0 unspecified atom stereocenters. The number of benzene rings is 1. The van der Waals surface area contributed by atoms with Gasteiger partial charge in [0.1, 0.15) is 5.82 Å². The lowest BCUT2D eigenvalue weighted by molar-refractivity contribution is 0.446. The van der Waals surface area contributed by atoms with Crippen molar-refractivity contribution in [1.29, 1.82) is 0 Å². The molecule has 1 fully saturated rings. The maximum absolute atomic E-state index is 6.00. The van der Waals surface area contributed by atoms with E-state index < -0.39 is 0 Å². The van der Waals surface area contributed by atoms with Gasteiger partial charge in [-0.3, -0.25) is 5.10 Å². The highest BCUT2D eigenvalue weighted by Crippen LogP contribution is 2.25. The summed E-state index contributed by atoms with van der Waals surface area (Å²) < 4.78 is 0.912. The minimum Gasteiger partial charge on any atom is -0.317 e. The summed E-state index contributed by atoms with van der Waals surface area (Å²) in [6.45, 7) is 2.11. The number of nitrogens with one attached hydrogen (secondary N) is 2. The third-order valence-electron chi connectivity index (χ3n) is 3.61. The SMILES string of the molecule is Clc1ccc(Cc2nc(C3CCNCC3)n[nH]2)cc1Br. The second kappa shape index (κ2) is 6.24. The van der Waals surface area contributed by atoms with Crippen LogP contribution in [0.5, 0.6) is 0 Å². The van der Waals surface area contributed by atoms with Crippen LogP contribution in [0.25, 0.3) is 0 Å². The molecule has 2 aromatic rings. The minimum absolute atomic E-state index is 0.484. The van der Waals surface area contributed by atoms with Crippen LogP contribution >= 0.6 is 27.5 Å². The molecule has 6 heteroatoms. The van der Waals surface area contributed by atoms with E-state index in [-0.39, 0.29) is 0 Å². The normalized spacial score (nSPS) is 16.5. The lowest BCUT2D eigenvalue weighted by Gasteiger charge is -2.19. The molecule has 0 atom stereocenters. The number of halogens is 2. The molecule has 20 heavy (non-hydrogen) atoms. The van der Waals surface area contributed by atoms with E-state index in [9.17, 15) is 0 Å². The Hall–Kier alpha value is -0.910. The molecule has 0 bridgehead atoms. The Balaban J connectivity index is 1.71. The number of H-pyrrole nitrogens is 1. The predicted molar refractivity (Wildman–Crippen MR) is 83.2 cm³/mol. The Labute approximate surface area is 131 Å². The van der Waals surface area contributed by atoms with E-state index in [1.807, 2.05) is 18.2 Å². The van der Waals surface area contributed by atoms with E-state index in [2.05, 4.69) is 36.4 Å². The smallest absolute Gasteiger partial charge is 0.153 e. The maximum atomic E-state index is 6.00. The molecule has 0 radical (unpaired) electrons. The van der Waals surface area contributed by atoms with Crippen molar-refractivity contribution >= 4 is 27.5 Å². The number of aromatic nitrogens is 3. The van der Waals surface area contributed by atoms with Gasteiger partial charge in [0.2, 0.25) is 0 Å². The molecule has 0 aliphatic carbocycles. The molecule has 3 rings (SSSR count). The first-order valence-corrected chi connectivity index (χ1v) is 7.95. The van der Waals surface area contributed by atoms with E-state index in [4.69, 9.17) is 11.6 Å². The molecular weight excluding hydrogens is 340 g/mol. The van der Waals surface area contributed by atoms with Gasteiger partial charge in [-0.25, -0.2) is 4.98 Å². The van der Waals surface area contributed by atoms with Gasteiger partial charge in [0.25, 0.3) is 0 Å². The summed E-state index contributed by atoms with van der Waals surface area (Å²) in [6.07, 6.45) is 2.97. The van der Waals surface area contributed by atoms with Gasteiger partial charge in [0.15, 0.2) is 5.82 Å². The van der Waals surface area contributed by atoms with Gasteiger partial charge >= 0.3 is 0 Å². The lowest BCUT2D eigenvalue weighted by Crippen LogP contribution is -2.27. The van der Waals surface area contributed by atoms with Crippen LogP contribution in [-0.2, 0) is 6.42 Å². The fourth-order valence-electron chi connectivity index (χ4n) is 2.49. The number of hydrogen-bond acceptors (Lipinski definition) is 3. The van der Waals surface area contributed by atoms with E-state index in [1.54, 1.807) is 0 Å². The number of hydrogen-bond donors (Lipinski definition) is 2. The predicted octanol–water partition coefficient (Wildman–Crippen LogP) is 3.28. The highest BCUT2D eigenvalue weighted by atomic mass is 79.9. The zero-order valence-corrected chi connectivity index (χ0v) is 13.3. The first-order valence-electron chi connectivity index (χ1n) is 6.78. The van der Waals surface area contributed by atoms with E-state index in [0.717, 1.165) is 59.1 Å². The van der Waals surface area contributed by atoms with Crippen molar-refractivity contribution < 1.29 is 0 Å². The largest absolute Gasteiger partial charge is 0.317 e. The Morgan fingerprint density at radius 3 is 2.85 bits per heavy atom. The Kier molecular flexibility index (Phi) is 4.38. The molecule has 1 saturated heterocycles. The highest BCUT2D eigenvalue weighted by Gasteiger charge is 2.19. The topological polar surface area (TPSA) is 53.6 Å². The van der Waals surface area contributed by atoms with E-state index in [0.29, 0.717) is 5.92 Å². The summed E-state index contributed by atoms with van der Waals surface area (Å²) in [7, 11) is 0. The zero-order chi connectivity index (χ0) is 13.9. The van der Waals surface area contributed by atoms with Crippen LogP contribution in [0.2, 0.25) is 5.02 Å². The average Bonchev–Trinajstić information content (AvgIpc) is 2.92. The monoisotopic (exact) mass is 354 g/mol. The molecule has 1 aliphatic rings. The molecule has 2 heterocycles. The molecule has 1 aromatic heterocycles. The first-order chi connectivity index (χ1) is 9.72. The molecule has 0 amide bonds. The number of rotatable bonds is 3. The van der Waals surface area contributed by atoms with Crippen LogP contribution in [0, 0.1) is 0 Å². The Morgan fingerprint density at radius 2 is 2.10 bits per heavy atom. The number of nitrogens with zero attached hydrogens (tertiary/aromatic N) is 2. The average molecular weight is 356 g/mol. The van der Waals surface area contributed by atoms with Crippen LogP contribution < -0.4 is 5.32 Å². The highest BCUT2D eigenvalue weighted by molar-refractivity contribution is 9.10. The number of aromatic amines is 1. The third-order valence-corrected chi connectivity index (χ3v) is 4.82. The van der Waals surface area contributed by atoms with Crippen LogP contribution in [0.3, 0.4) is 0 Å². The summed E-state index contributed by atoms with van der Waals surface area (Å²) >= 11 is 9.44. The van der Waals surface area contributed by atoms with Crippen molar-refractivity contribution in [3.8, 4) is 0 Å². The van der Waals surface area contributed by atoms with Crippen molar-refractivity contribution in [3.63, 3.8) is 0 Å². The third kappa shape index (κ3) is 3.22. The summed E-state index contributed by atoms with van der Waals surface area (Å²) in [5, 5.41) is 11.5. The van der Waals surface area contributed by atoms with Gasteiger partial charge in [-0.2, -0.15) is 5.10 Å². The van der Waals surface area contributed by atoms with E-state index >= 15 is 0 Å². The lowest BCUT2D eigenvalue weighted by atomic mass is 9.98. The Morgan fingerprint density at radius 1 is 1.30 bits per heavy atom. The van der Waals surface area contributed by atoms with Crippen molar-refractivity contribution in [2.24, 2.45) is 0 Å². The van der Waals surface area contributed by atoms with Crippen LogP contribution in [0.15, 0.2) is 22.7 Å². The fourth-order valence-corrected chi connectivity index (χ4v) is 3.04. The zero-order valence-electron chi connectivity index (χ0n) is 11.0. The van der Waals surface area contributed by atoms with Crippen molar-refractivity contribution in [1.82, 2.24) is 20.5 Å². The molecule has 0 spiro atoms. The minimum atomic E-state index is 0.484. The second-order valence-corrected chi connectivity index (χ2v) is 6.35. The van der Waals surface area contributed by atoms with Gasteiger partial charge in [-0.05, 0) is 59.6 Å². The Bertz CT molecular complexity index is 593. The van der Waals surface area contributed by atoms with Crippen molar-refractivity contribution in [3.05, 3.63) is 44.9 Å². The summed E-state index contributed by atoms with van der Waals surface area (Å²) in [5.74, 6) is 2.35. The second-order valence-electron chi connectivity index (χ2n) is 5.09. The van der Waals surface area contributed by atoms with Gasteiger partial charge in [0.05, 0.1) is 5.02 Å². The van der Waals surface area contributed by atoms with Gasteiger partial charge in [-0.15, -0.1) is 0 Å².